The highest BCUT2D eigenvalue weighted by Gasteiger charge is 2.42. The van der Waals surface area contributed by atoms with E-state index in [0.717, 1.165) is 108 Å². The molecule has 4 amide bonds. The number of ether oxygens (including phenoxy) is 2. The van der Waals surface area contributed by atoms with Gasteiger partial charge in [-0.2, -0.15) is 0 Å². The van der Waals surface area contributed by atoms with Crippen LogP contribution in [0.15, 0.2) is 158 Å². The Bertz CT molecular complexity index is 3360. The number of aromatic nitrogens is 4. The number of carbonyl (C=O) groups is 4. The predicted octanol–water partition coefficient (Wildman–Crippen LogP) is 12.4. The standard InChI is InChI=1S/C32H35ClN4O3.C32H35FN4O3/c1-31(19-24-20-35-27-10-4-3-9-26(24)27,37-30(39)40-21-23-12-14-25(33)15-13-23)29(38)36-22-32(16-6-2-7-17-32)28-11-5-8-18-34-28;1-31(19-24-20-35-27-14-6-4-12-25(24)27,37-30(39)40-21-23-11-3-5-13-26(23)33)29(38)36-22-32(16-8-2-9-17-32)28-15-7-10-18-34-28/h3-5,8-15,18,20,35H,2,6-7,16-17,19,21-22H2,1H3,(H,36,38)(H,37,39);3-7,10-15,18,20,35H,2,8-9,16-17,19,21-22H2,1H3,(H,36,38)(H,37,39)/t2*31-/m00/s1. The van der Waals surface area contributed by atoms with Gasteiger partial charge in [-0.25, -0.2) is 14.0 Å². The Kier molecular flexibility index (Phi) is 18.3. The maximum atomic E-state index is 14.1. The molecule has 2 saturated carbocycles. The summed E-state index contributed by atoms with van der Waals surface area (Å²) in [6.07, 6.45) is 16.9. The summed E-state index contributed by atoms with van der Waals surface area (Å²) in [4.78, 5) is 69.7. The highest BCUT2D eigenvalue weighted by atomic mass is 35.5. The lowest BCUT2D eigenvalue weighted by Gasteiger charge is -2.38. The first-order valence-electron chi connectivity index (χ1n) is 27.6. The van der Waals surface area contributed by atoms with E-state index in [4.69, 9.17) is 21.1 Å². The number of nitrogens with zero attached hydrogens (tertiary/aromatic N) is 2. The highest BCUT2D eigenvalue weighted by Crippen LogP contribution is 2.40. The van der Waals surface area contributed by atoms with Crippen molar-refractivity contribution in [3.8, 4) is 0 Å². The van der Waals surface area contributed by atoms with Crippen LogP contribution < -0.4 is 21.3 Å². The number of alkyl carbamates (subject to hydrolysis) is 2. The number of fused-ring (bicyclic) bond motifs is 2. The van der Waals surface area contributed by atoms with E-state index in [1.807, 2.05) is 97.5 Å². The first-order valence-corrected chi connectivity index (χ1v) is 28.0. The number of aromatic amines is 2. The number of para-hydroxylation sites is 2. The topological polar surface area (TPSA) is 192 Å². The van der Waals surface area contributed by atoms with Crippen LogP contribution in [-0.2, 0) is 55.9 Å². The highest BCUT2D eigenvalue weighted by molar-refractivity contribution is 6.30. The molecule has 4 aromatic carbocycles. The van der Waals surface area contributed by atoms with Crippen LogP contribution in [0.25, 0.3) is 21.8 Å². The molecule has 4 heterocycles. The molecule has 0 unspecified atom stereocenters. The Morgan fingerprint density at radius 2 is 0.988 bits per heavy atom. The Hall–Kier alpha value is -8.04. The van der Waals surface area contributed by atoms with Crippen LogP contribution >= 0.6 is 11.6 Å². The average Bonchev–Trinajstić information content (AvgIpc) is 4.09. The van der Waals surface area contributed by atoms with E-state index in [-0.39, 0.29) is 54.3 Å². The third-order valence-electron chi connectivity index (χ3n) is 16.0. The summed E-state index contributed by atoms with van der Waals surface area (Å²) >= 11 is 5.97. The van der Waals surface area contributed by atoms with E-state index >= 15 is 0 Å². The summed E-state index contributed by atoms with van der Waals surface area (Å²) in [7, 11) is 0. The Balaban J connectivity index is 0.000000194. The molecular formula is C64H70ClFN8O6. The molecule has 0 radical (unpaired) electrons. The number of halogens is 2. The molecule has 4 aromatic heterocycles. The van der Waals surface area contributed by atoms with Gasteiger partial charge in [0.15, 0.2) is 0 Å². The van der Waals surface area contributed by atoms with Crippen molar-refractivity contribution in [2.24, 2.45) is 0 Å². The van der Waals surface area contributed by atoms with E-state index in [1.54, 1.807) is 62.5 Å². The smallest absolute Gasteiger partial charge is 0.408 e. The molecule has 14 nitrogen and oxygen atoms in total. The number of rotatable bonds is 18. The van der Waals surface area contributed by atoms with E-state index in [9.17, 15) is 23.6 Å². The summed E-state index contributed by atoms with van der Waals surface area (Å²) in [5.74, 6) is -1.04. The van der Waals surface area contributed by atoms with Crippen LogP contribution in [-0.4, -0.2) is 68.1 Å². The van der Waals surface area contributed by atoms with Crippen molar-refractivity contribution in [3.05, 3.63) is 203 Å². The number of carbonyl (C=O) groups excluding carboxylic acids is 4. The minimum Gasteiger partial charge on any atom is -0.445 e. The van der Waals surface area contributed by atoms with Crippen molar-refractivity contribution in [2.75, 3.05) is 13.1 Å². The second kappa shape index (κ2) is 25.8. The molecule has 0 spiro atoms. The van der Waals surface area contributed by atoms with Crippen LogP contribution in [0.1, 0.15) is 112 Å². The van der Waals surface area contributed by atoms with Crippen LogP contribution in [0.4, 0.5) is 14.0 Å². The number of hydrogen-bond acceptors (Lipinski definition) is 8. The molecule has 8 aromatic rings. The molecule has 0 aliphatic heterocycles. The van der Waals surface area contributed by atoms with Gasteiger partial charge in [-0.05, 0) is 111 Å². The van der Waals surface area contributed by atoms with Crippen molar-refractivity contribution >= 4 is 57.4 Å². The average molecular weight is 1100 g/mol. The molecule has 2 aliphatic rings. The third-order valence-corrected chi connectivity index (χ3v) is 16.3. The van der Waals surface area contributed by atoms with Gasteiger partial charge in [0, 0.05) is 105 Å². The quantitative estimate of drug-likeness (QED) is 0.0489. The summed E-state index contributed by atoms with van der Waals surface area (Å²) in [5, 5.41) is 14.6. The van der Waals surface area contributed by atoms with Gasteiger partial charge in [-0.3, -0.25) is 19.6 Å². The SMILES string of the molecule is C[C@@](Cc1c[nH]c2ccccc12)(NC(=O)OCc1ccc(Cl)cc1)C(=O)NCC1(c2ccccn2)CCCCC1.C[C@@](Cc1c[nH]c2ccccc12)(NC(=O)OCc1ccccc1F)C(=O)NCC1(c2ccccn2)CCCCC1. The van der Waals surface area contributed by atoms with Crippen LogP contribution in [0.3, 0.4) is 0 Å². The lowest BCUT2D eigenvalue weighted by molar-refractivity contribution is -0.127. The van der Waals surface area contributed by atoms with E-state index in [0.29, 0.717) is 18.1 Å². The second-order valence-corrected chi connectivity index (χ2v) is 22.3. The second-order valence-electron chi connectivity index (χ2n) is 21.8. The number of nitrogens with one attached hydrogen (secondary N) is 6. The normalized spacial score (nSPS) is 16.1. The van der Waals surface area contributed by atoms with E-state index < -0.39 is 29.1 Å². The summed E-state index contributed by atoms with van der Waals surface area (Å²) in [6.45, 7) is 4.14. The molecule has 0 saturated heterocycles. The van der Waals surface area contributed by atoms with E-state index in [1.165, 1.54) is 12.5 Å². The van der Waals surface area contributed by atoms with Crippen molar-refractivity contribution in [3.63, 3.8) is 0 Å². The van der Waals surface area contributed by atoms with Crippen molar-refractivity contribution < 1.29 is 33.0 Å². The zero-order chi connectivity index (χ0) is 56.0. The molecule has 10 rings (SSSR count). The fourth-order valence-electron chi connectivity index (χ4n) is 11.4. The molecular weight excluding hydrogens is 1030 g/mol. The van der Waals surface area contributed by atoms with Gasteiger partial charge < -0.3 is 40.7 Å². The molecule has 80 heavy (non-hydrogen) atoms. The zero-order valence-corrected chi connectivity index (χ0v) is 46.2. The van der Waals surface area contributed by atoms with Gasteiger partial charge in [-0.15, -0.1) is 0 Å². The first-order chi connectivity index (χ1) is 38.8. The zero-order valence-electron chi connectivity index (χ0n) is 45.4. The number of pyridine rings is 2. The first kappa shape index (κ1) is 56.7. The van der Waals surface area contributed by atoms with Crippen LogP contribution in [0.2, 0.25) is 5.02 Å². The number of H-pyrrole nitrogens is 2. The molecule has 16 heteroatoms. The van der Waals surface area contributed by atoms with Gasteiger partial charge in [0.2, 0.25) is 11.8 Å². The van der Waals surface area contributed by atoms with Crippen LogP contribution in [0, 0.1) is 5.82 Å². The lowest BCUT2D eigenvalue weighted by atomic mass is 9.71. The monoisotopic (exact) mass is 1100 g/mol. The number of hydrogen-bond donors (Lipinski definition) is 6. The maximum Gasteiger partial charge on any atom is 0.408 e. The Morgan fingerprint density at radius 3 is 1.45 bits per heavy atom. The van der Waals surface area contributed by atoms with Gasteiger partial charge in [0.05, 0.1) is 0 Å². The number of benzene rings is 4. The third kappa shape index (κ3) is 13.9. The molecule has 6 N–H and O–H groups in total. The molecule has 416 valence electrons. The largest absolute Gasteiger partial charge is 0.445 e. The Labute approximate surface area is 471 Å². The van der Waals surface area contributed by atoms with Crippen molar-refractivity contribution in [1.82, 2.24) is 41.2 Å². The van der Waals surface area contributed by atoms with E-state index in [2.05, 4.69) is 47.3 Å². The fourth-order valence-corrected chi connectivity index (χ4v) is 11.6. The summed E-state index contributed by atoms with van der Waals surface area (Å²) < 4.78 is 24.9. The fraction of sp³-hybridized carbons (Fsp3) is 0.344. The van der Waals surface area contributed by atoms with Gasteiger partial charge in [-0.1, -0.05) is 129 Å². The minimum atomic E-state index is -1.34. The molecule has 2 fully saturated rings. The van der Waals surface area contributed by atoms with Gasteiger partial charge in [0.25, 0.3) is 0 Å². The van der Waals surface area contributed by atoms with Crippen molar-refractivity contribution in [1.29, 1.82) is 0 Å². The van der Waals surface area contributed by atoms with Crippen LogP contribution in [0.5, 0.6) is 0 Å². The molecule has 0 bridgehead atoms. The van der Waals surface area contributed by atoms with Gasteiger partial charge >= 0.3 is 12.2 Å². The number of amides is 4. The molecule has 2 aliphatic carbocycles. The molecule has 2 atom stereocenters. The lowest BCUT2D eigenvalue weighted by Crippen LogP contribution is -2.59. The summed E-state index contributed by atoms with van der Waals surface area (Å²) in [5.41, 5.74) is 3.69. The van der Waals surface area contributed by atoms with Crippen molar-refractivity contribution in [2.45, 2.75) is 126 Å². The maximum absolute atomic E-state index is 14.1. The van der Waals surface area contributed by atoms with Gasteiger partial charge in [0.1, 0.15) is 30.1 Å². The Morgan fingerprint density at radius 1 is 0.550 bits per heavy atom. The summed E-state index contributed by atoms with van der Waals surface area (Å²) in [6, 6.07) is 40.8. The predicted molar refractivity (Wildman–Crippen MR) is 309 cm³/mol. The minimum absolute atomic E-state index is 0.0660.